The lowest BCUT2D eigenvalue weighted by Crippen LogP contribution is -2.40. The van der Waals surface area contributed by atoms with Crippen LogP contribution in [0.2, 0.25) is 0 Å². The molecule has 0 radical (unpaired) electrons. The highest BCUT2D eigenvalue weighted by atomic mass is 16.5. The Bertz CT molecular complexity index is 396. The summed E-state index contributed by atoms with van der Waals surface area (Å²) in [6.45, 7) is 6.44. The molecule has 3 N–H and O–H groups in total. The van der Waals surface area contributed by atoms with Gasteiger partial charge in [0.1, 0.15) is 5.76 Å². The van der Waals surface area contributed by atoms with Gasteiger partial charge in [-0.25, -0.2) is 0 Å². The van der Waals surface area contributed by atoms with Crippen molar-refractivity contribution in [3.05, 3.63) is 24.2 Å². The molecule has 7 heteroatoms. The first-order chi connectivity index (χ1) is 11.4. The van der Waals surface area contributed by atoms with Crippen molar-refractivity contribution in [1.29, 1.82) is 0 Å². The van der Waals surface area contributed by atoms with E-state index in [4.69, 9.17) is 19.0 Å². The van der Waals surface area contributed by atoms with Crippen LogP contribution in [0.4, 0.5) is 0 Å². The average Bonchev–Trinajstić information content (AvgIpc) is 3.07. The molecule has 0 aliphatic carbocycles. The molecule has 0 saturated heterocycles. The predicted molar refractivity (Wildman–Crippen MR) is 89.7 cm³/mol. The number of aliphatic imine (C=N–C) groups is 1. The molecule has 1 heterocycles. The SMILES string of the molecule is CCOCCCN=C(NCCOCCO)NCCc1ccco1. The highest BCUT2D eigenvalue weighted by Gasteiger charge is 2.00. The molecule has 0 atom stereocenters. The van der Waals surface area contributed by atoms with Gasteiger partial charge in [0.2, 0.25) is 0 Å². The molecule has 1 rings (SSSR count). The topological polar surface area (TPSA) is 88.2 Å². The first-order valence-corrected chi connectivity index (χ1v) is 8.17. The third-order valence-corrected chi connectivity index (χ3v) is 2.94. The van der Waals surface area contributed by atoms with Crippen LogP contribution >= 0.6 is 0 Å². The molecule has 0 fully saturated rings. The minimum Gasteiger partial charge on any atom is -0.469 e. The van der Waals surface area contributed by atoms with Crippen molar-refractivity contribution >= 4 is 5.96 Å². The number of hydrogen-bond donors (Lipinski definition) is 3. The Hall–Kier alpha value is -1.57. The van der Waals surface area contributed by atoms with Gasteiger partial charge in [-0.3, -0.25) is 4.99 Å². The molecule has 1 aromatic rings. The van der Waals surface area contributed by atoms with Crippen molar-refractivity contribution in [2.75, 3.05) is 52.7 Å². The zero-order valence-electron chi connectivity index (χ0n) is 13.9. The Labute approximate surface area is 138 Å². The molecule has 0 aliphatic rings. The van der Waals surface area contributed by atoms with Crippen LogP contribution in [-0.2, 0) is 15.9 Å². The monoisotopic (exact) mass is 327 g/mol. The number of rotatable bonds is 13. The Morgan fingerprint density at radius 1 is 1.22 bits per heavy atom. The number of aliphatic hydroxyl groups is 1. The van der Waals surface area contributed by atoms with Crippen molar-refractivity contribution in [3.8, 4) is 0 Å². The molecule has 0 unspecified atom stereocenters. The molecule has 0 bridgehead atoms. The van der Waals surface area contributed by atoms with Gasteiger partial charge in [0.05, 0.1) is 26.1 Å². The summed E-state index contributed by atoms with van der Waals surface area (Å²) in [6.07, 6.45) is 3.36. The smallest absolute Gasteiger partial charge is 0.191 e. The number of ether oxygens (including phenoxy) is 2. The highest BCUT2D eigenvalue weighted by Crippen LogP contribution is 1.99. The van der Waals surface area contributed by atoms with Gasteiger partial charge in [-0.05, 0) is 25.5 Å². The highest BCUT2D eigenvalue weighted by molar-refractivity contribution is 5.79. The van der Waals surface area contributed by atoms with Gasteiger partial charge in [0.25, 0.3) is 0 Å². The van der Waals surface area contributed by atoms with E-state index in [-0.39, 0.29) is 6.61 Å². The number of aliphatic hydroxyl groups excluding tert-OH is 1. The van der Waals surface area contributed by atoms with E-state index in [0.717, 1.165) is 44.3 Å². The summed E-state index contributed by atoms with van der Waals surface area (Å²) in [5.74, 6) is 1.69. The maximum atomic E-state index is 8.67. The maximum absolute atomic E-state index is 8.67. The van der Waals surface area contributed by atoms with Crippen LogP contribution < -0.4 is 10.6 Å². The average molecular weight is 327 g/mol. The third-order valence-electron chi connectivity index (χ3n) is 2.94. The summed E-state index contributed by atoms with van der Waals surface area (Å²) in [4.78, 5) is 4.51. The van der Waals surface area contributed by atoms with Crippen LogP contribution in [0.1, 0.15) is 19.1 Å². The molecular formula is C16H29N3O4. The van der Waals surface area contributed by atoms with Crippen LogP contribution in [0, 0.1) is 0 Å². The lowest BCUT2D eigenvalue weighted by atomic mass is 10.3. The van der Waals surface area contributed by atoms with Crippen molar-refractivity contribution in [2.24, 2.45) is 4.99 Å². The van der Waals surface area contributed by atoms with E-state index in [0.29, 0.717) is 26.3 Å². The fourth-order valence-corrected chi connectivity index (χ4v) is 1.84. The second-order valence-corrected chi connectivity index (χ2v) is 4.80. The summed E-state index contributed by atoms with van der Waals surface area (Å²) in [7, 11) is 0. The van der Waals surface area contributed by atoms with E-state index in [2.05, 4.69) is 15.6 Å². The molecule has 7 nitrogen and oxygen atoms in total. The van der Waals surface area contributed by atoms with Crippen molar-refractivity contribution in [3.63, 3.8) is 0 Å². The first kappa shape index (κ1) is 19.5. The molecule has 0 aliphatic heterocycles. The zero-order valence-corrected chi connectivity index (χ0v) is 13.9. The van der Waals surface area contributed by atoms with Gasteiger partial charge in [-0.2, -0.15) is 0 Å². The van der Waals surface area contributed by atoms with E-state index in [1.54, 1.807) is 6.26 Å². The van der Waals surface area contributed by atoms with E-state index in [1.807, 2.05) is 19.1 Å². The molecule has 0 spiro atoms. The second-order valence-electron chi connectivity index (χ2n) is 4.80. The summed E-state index contributed by atoms with van der Waals surface area (Å²) in [6, 6.07) is 3.84. The number of guanidine groups is 1. The molecule has 0 aromatic carbocycles. The van der Waals surface area contributed by atoms with Crippen LogP contribution in [0.25, 0.3) is 0 Å². The maximum Gasteiger partial charge on any atom is 0.191 e. The molecular weight excluding hydrogens is 298 g/mol. The van der Waals surface area contributed by atoms with Gasteiger partial charge >= 0.3 is 0 Å². The fourth-order valence-electron chi connectivity index (χ4n) is 1.84. The van der Waals surface area contributed by atoms with E-state index < -0.39 is 0 Å². The minimum absolute atomic E-state index is 0.0414. The molecule has 0 amide bonds. The second kappa shape index (κ2) is 14.0. The summed E-state index contributed by atoms with van der Waals surface area (Å²) in [5.41, 5.74) is 0. The van der Waals surface area contributed by atoms with Gasteiger partial charge in [-0.1, -0.05) is 0 Å². The van der Waals surface area contributed by atoms with E-state index in [9.17, 15) is 0 Å². The Kier molecular flexibility index (Phi) is 11.9. The van der Waals surface area contributed by atoms with Gasteiger partial charge < -0.3 is 29.6 Å². The van der Waals surface area contributed by atoms with Crippen molar-refractivity contribution < 1.29 is 19.0 Å². The van der Waals surface area contributed by atoms with Gasteiger partial charge in [0.15, 0.2) is 5.96 Å². The summed E-state index contributed by atoms with van der Waals surface area (Å²) < 4.78 is 15.8. The Morgan fingerprint density at radius 2 is 2.09 bits per heavy atom. The van der Waals surface area contributed by atoms with E-state index in [1.165, 1.54) is 0 Å². The molecule has 0 saturated carbocycles. The number of hydrogen-bond acceptors (Lipinski definition) is 5. The van der Waals surface area contributed by atoms with Crippen LogP contribution in [0.15, 0.2) is 27.8 Å². The summed E-state index contributed by atoms with van der Waals surface area (Å²) in [5, 5.41) is 15.1. The van der Waals surface area contributed by atoms with Crippen molar-refractivity contribution in [1.82, 2.24) is 10.6 Å². The third kappa shape index (κ3) is 10.7. The minimum atomic E-state index is 0.0414. The normalized spacial score (nSPS) is 11.7. The first-order valence-electron chi connectivity index (χ1n) is 8.17. The van der Waals surface area contributed by atoms with Crippen LogP contribution in [-0.4, -0.2) is 63.7 Å². The molecule has 23 heavy (non-hydrogen) atoms. The Balaban J connectivity index is 2.26. The molecule has 1 aromatic heterocycles. The fraction of sp³-hybridized carbons (Fsp3) is 0.688. The number of nitrogens with zero attached hydrogens (tertiary/aromatic N) is 1. The van der Waals surface area contributed by atoms with E-state index >= 15 is 0 Å². The standard InChI is InChI=1S/C16H29N3O4/c1-2-21-11-4-7-17-16(19-9-13-22-14-10-20)18-8-6-15-5-3-12-23-15/h3,5,12,20H,2,4,6-11,13-14H2,1H3,(H2,17,18,19). The van der Waals surface area contributed by atoms with Crippen LogP contribution in [0.3, 0.4) is 0 Å². The van der Waals surface area contributed by atoms with Gasteiger partial charge in [-0.15, -0.1) is 0 Å². The largest absolute Gasteiger partial charge is 0.469 e. The molecule has 132 valence electrons. The van der Waals surface area contributed by atoms with Crippen molar-refractivity contribution in [2.45, 2.75) is 19.8 Å². The lowest BCUT2D eigenvalue weighted by Gasteiger charge is -2.12. The van der Waals surface area contributed by atoms with Gasteiger partial charge in [0, 0.05) is 39.3 Å². The predicted octanol–water partition coefficient (Wildman–Crippen LogP) is 0.793. The summed E-state index contributed by atoms with van der Waals surface area (Å²) >= 11 is 0. The quantitative estimate of drug-likeness (QED) is 0.282. The zero-order chi connectivity index (χ0) is 16.6. The number of furan rings is 1. The number of nitrogens with one attached hydrogen (secondary N) is 2. The lowest BCUT2D eigenvalue weighted by molar-refractivity contribution is 0.0957. The van der Waals surface area contributed by atoms with Crippen LogP contribution in [0.5, 0.6) is 0 Å². The Morgan fingerprint density at radius 3 is 2.83 bits per heavy atom.